The van der Waals surface area contributed by atoms with Crippen molar-refractivity contribution in [2.75, 3.05) is 5.32 Å². The molecule has 1 amide bonds. The van der Waals surface area contributed by atoms with Gasteiger partial charge >= 0.3 is 0 Å². The average Bonchev–Trinajstić information content (AvgIpc) is 3.23. The van der Waals surface area contributed by atoms with Crippen LogP contribution in [0.4, 0.5) is 5.69 Å². The molecular formula is C18H12BrN3O2S. The van der Waals surface area contributed by atoms with Gasteiger partial charge in [-0.05, 0) is 58.7 Å². The molecule has 1 N–H and O–H groups in total. The number of thiazole rings is 1. The lowest BCUT2D eigenvalue weighted by molar-refractivity contribution is 0.0995. The number of amides is 1. The fourth-order valence-corrected chi connectivity index (χ4v) is 3.61. The van der Waals surface area contributed by atoms with Crippen LogP contribution in [0.5, 0.6) is 0 Å². The summed E-state index contributed by atoms with van der Waals surface area (Å²) in [5, 5.41) is 3.76. The van der Waals surface area contributed by atoms with E-state index in [1.54, 1.807) is 18.3 Å². The van der Waals surface area contributed by atoms with Gasteiger partial charge in [-0.25, -0.2) is 9.97 Å². The van der Waals surface area contributed by atoms with Crippen LogP contribution in [0.2, 0.25) is 0 Å². The van der Waals surface area contributed by atoms with Crippen LogP contribution in [0.3, 0.4) is 0 Å². The van der Waals surface area contributed by atoms with Gasteiger partial charge in [0.25, 0.3) is 5.91 Å². The largest absolute Gasteiger partial charge is 0.444 e. The number of aryl methyl sites for hydroxylation is 1. The van der Waals surface area contributed by atoms with Gasteiger partial charge in [-0.1, -0.05) is 23.5 Å². The van der Waals surface area contributed by atoms with E-state index in [0.717, 1.165) is 32.2 Å². The molecule has 0 aliphatic rings. The summed E-state index contributed by atoms with van der Waals surface area (Å²) in [5.41, 5.74) is 3.49. The first-order valence-corrected chi connectivity index (χ1v) is 9.10. The number of benzene rings is 1. The number of nitrogens with zero attached hydrogens (tertiary/aromatic N) is 2. The number of halogens is 1. The molecule has 4 aromatic rings. The third-order valence-electron chi connectivity index (χ3n) is 3.70. The van der Waals surface area contributed by atoms with Crippen molar-refractivity contribution in [2.45, 2.75) is 6.92 Å². The SMILES string of the molecule is Cc1ccc(-c2nc3cccnc3s2)cc1NC(=O)c1ccc(Br)o1. The second-order valence-corrected chi connectivity index (χ2v) is 7.19. The van der Waals surface area contributed by atoms with Crippen LogP contribution in [-0.2, 0) is 0 Å². The van der Waals surface area contributed by atoms with E-state index in [-0.39, 0.29) is 11.7 Å². The third-order valence-corrected chi connectivity index (χ3v) is 5.15. The molecule has 0 bridgehead atoms. The van der Waals surface area contributed by atoms with E-state index >= 15 is 0 Å². The average molecular weight is 414 g/mol. The minimum atomic E-state index is -0.295. The van der Waals surface area contributed by atoms with Crippen molar-refractivity contribution in [1.82, 2.24) is 9.97 Å². The molecule has 5 nitrogen and oxygen atoms in total. The Morgan fingerprint density at radius 1 is 1.24 bits per heavy atom. The Hall–Kier alpha value is -2.51. The smallest absolute Gasteiger partial charge is 0.291 e. The fraction of sp³-hybridized carbons (Fsp3) is 0.0556. The summed E-state index contributed by atoms with van der Waals surface area (Å²) in [4.78, 5) is 22.2. The zero-order valence-corrected chi connectivity index (χ0v) is 15.5. The topological polar surface area (TPSA) is 68.0 Å². The number of hydrogen-bond donors (Lipinski definition) is 1. The molecular weight excluding hydrogens is 402 g/mol. The van der Waals surface area contributed by atoms with Crippen molar-refractivity contribution >= 4 is 49.2 Å². The molecule has 0 unspecified atom stereocenters. The highest BCUT2D eigenvalue weighted by Crippen LogP contribution is 2.31. The number of furan rings is 1. The fourth-order valence-electron chi connectivity index (χ4n) is 2.40. The third kappa shape index (κ3) is 3.20. The van der Waals surface area contributed by atoms with Gasteiger partial charge < -0.3 is 9.73 Å². The normalized spacial score (nSPS) is 11.0. The number of rotatable bonds is 3. The zero-order chi connectivity index (χ0) is 17.4. The molecule has 0 spiro atoms. The number of anilines is 1. The molecule has 0 radical (unpaired) electrons. The number of carbonyl (C=O) groups is 1. The highest BCUT2D eigenvalue weighted by Gasteiger charge is 2.14. The summed E-state index contributed by atoms with van der Waals surface area (Å²) in [7, 11) is 0. The molecule has 7 heteroatoms. The Morgan fingerprint density at radius 2 is 2.12 bits per heavy atom. The van der Waals surface area contributed by atoms with Crippen molar-refractivity contribution in [3.63, 3.8) is 0 Å². The molecule has 4 rings (SSSR count). The maximum absolute atomic E-state index is 12.3. The predicted octanol–water partition coefficient (Wildman–Crippen LogP) is 5.27. The standard InChI is InChI=1S/C18H12BrN3O2S/c1-10-4-5-11(17-22-12-3-2-8-20-18(12)25-17)9-13(10)21-16(23)14-6-7-15(19)24-14/h2-9H,1H3,(H,21,23). The molecule has 3 heterocycles. The number of pyridine rings is 1. The highest BCUT2D eigenvalue weighted by atomic mass is 79.9. The molecule has 0 atom stereocenters. The van der Waals surface area contributed by atoms with Crippen molar-refractivity contribution in [3.8, 4) is 10.6 Å². The van der Waals surface area contributed by atoms with Crippen molar-refractivity contribution in [1.29, 1.82) is 0 Å². The number of carbonyl (C=O) groups excluding carboxylic acids is 1. The van der Waals surface area contributed by atoms with E-state index in [4.69, 9.17) is 4.42 Å². The van der Waals surface area contributed by atoms with Gasteiger partial charge in [0.1, 0.15) is 15.4 Å². The summed E-state index contributed by atoms with van der Waals surface area (Å²) < 4.78 is 5.82. The Bertz CT molecular complexity index is 1050. The van der Waals surface area contributed by atoms with E-state index in [0.29, 0.717) is 4.67 Å². The van der Waals surface area contributed by atoms with Crippen LogP contribution in [0.1, 0.15) is 16.1 Å². The van der Waals surface area contributed by atoms with Gasteiger partial charge in [0, 0.05) is 17.4 Å². The lowest BCUT2D eigenvalue weighted by Gasteiger charge is -2.08. The number of nitrogens with one attached hydrogen (secondary N) is 1. The van der Waals surface area contributed by atoms with Crippen LogP contribution in [0.25, 0.3) is 20.9 Å². The minimum Gasteiger partial charge on any atom is -0.444 e. The van der Waals surface area contributed by atoms with Crippen molar-refractivity contribution in [3.05, 3.63) is 64.7 Å². The van der Waals surface area contributed by atoms with Crippen LogP contribution in [-0.4, -0.2) is 15.9 Å². The molecule has 25 heavy (non-hydrogen) atoms. The predicted molar refractivity (Wildman–Crippen MR) is 102 cm³/mol. The molecule has 1 aromatic carbocycles. The van der Waals surface area contributed by atoms with Gasteiger partial charge in [-0.3, -0.25) is 4.79 Å². The van der Waals surface area contributed by atoms with Crippen LogP contribution in [0, 0.1) is 6.92 Å². The molecule has 3 aromatic heterocycles. The first kappa shape index (κ1) is 16.0. The van der Waals surface area contributed by atoms with Crippen molar-refractivity contribution in [2.24, 2.45) is 0 Å². The summed E-state index contributed by atoms with van der Waals surface area (Å²) >= 11 is 4.72. The summed E-state index contributed by atoms with van der Waals surface area (Å²) in [6.07, 6.45) is 1.76. The van der Waals surface area contributed by atoms with Crippen LogP contribution in [0.15, 0.2) is 57.7 Å². The minimum absolute atomic E-state index is 0.251. The van der Waals surface area contributed by atoms with Gasteiger partial charge in [0.15, 0.2) is 10.4 Å². The summed E-state index contributed by atoms with van der Waals surface area (Å²) in [6, 6.07) is 13.0. The molecule has 124 valence electrons. The second-order valence-electron chi connectivity index (χ2n) is 5.43. The van der Waals surface area contributed by atoms with Gasteiger partial charge in [0.2, 0.25) is 0 Å². The van der Waals surface area contributed by atoms with E-state index < -0.39 is 0 Å². The number of aromatic nitrogens is 2. The maximum Gasteiger partial charge on any atom is 0.291 e. The summed E-state index contributed by atoms with van der Waals surface area (Å²) in [6.45, 7) is 1.94. The molecule has 0 saturated heterocycles. The quantitative estimate of drug-likeness (QED) is 0.496. The Balaban J connectivity index is 1.67. The van der Waals surface area contributed by atoms with Crippen molar-refractivity contribution < 1.29 is 9.21 Å². The maximum atomic E-state index is 12.3. The molecule has 0 saturated carbocycles. The number of hydrogen-bond acceptors (Lipinski definition) is 5. The van der Waals surface area contributed by atoms with E-state index in [1.165, 1.54) is 11.3 Å². The Kier molecular flexibility index (Phi) is 4.10. The first-order valence-electron chi connectivity index (χ1n) is 7.49. The molecule has 0 aliphatic heterocycles. The van der Waals surface area contributed by atoms with Gasteiger partial charge in [-0.2, -0.15) is 0 Å². The lowest BCUT2D eigenvalue weighted by atomic mass is 10.1. The summed E-state index contributed by atoms with van der Waals surface area (Å²) in [5.74, 6) is -0.0437. The van der Waals surface area contributed by atoms with E-state index in [2.05, 4.69) is 31.2 Å². The Labute approximate surface area is 155 Å². The highest BCUT2D eigenvalue weighted by molar-refractivity contribution is 9.10. The number of fused-ring (bicyclic) bond motifs is 1. The first-order chi connectivity index (χ1) is 12.1. The van der Waals surface area contributed by atoms with Gasteiger partial charge in [-0.15, -0.1) is 0 Å². The monoisotopic (exact) mass is 413 g/mol. The molecule has 0 aliphatic carbocycles. The zero-order valence-electron chi connectivity index (χ0n) is 13.1. The lowest BCUT2D eigenvalue weighted by Crippen LogP contribution is -2.11. The Morgan fingerprint density at radius 3 is 2.88 bits per heavy atom. The van der Waals surface area contributed by atoms with E-state index in [9.17, 15) is 4.79 Å². The second kappa shape index (κ2) is 6.42. The molecule has 0 fully saturated rings. The van der Waals surface area contributed by atoms with Gasteiger partial charge in [0.05, 0.1) is 0 Å². The van der Waals surface area contributed by atoms with E-state index in [1.807, 2.05) is 37.3 Å². The van der Waals surface area contributed by atoms with Crippen LogP contribution >= 0.6 is 27.3 Å². The van der Waals surface area contributed by atoms with Crippen LogP contribution < -0.4 is 5.32 Å².